The smallest absolute Gasteiger partial charge is 0.340 e. The Labute approximate surface area is 158 Å². The van der Waals surface area contributed by atoms with Crippen molar-refractivity contribution in [3.63, 3.8) is 0 Å². The highest BCUT2D eigenvalue weighted by Crippen LogP contribution is 2.20. The lowest BCUT2D eigenvalue weighted by atomic mass is 9.96. The minimum atomic E-state index is -0.475. The third-order valence-corrected chi connectivity index (χ3v) is 4.52. The summed E-state index contributed by atoms with van der Waals surface area (Å²) in [6, 6.07) is 7.13. The fourth-order valence-electron chi connectivity index (χ4n) is 3.12. The summed E-state index contributed by atoms with van der Waals surface area (Å²) in [5.41, 5.74) is 1.03. The first-order valence-electron chi connectivity index (χ1n) is 9.33. The highest BCUT2D eigenvalue weighted by molar-refractivity contribution is 6.07. The molecule has 142 valence electrons. The van der Waals surface area contributed by atoms with Gasteiger partial charge in [0.25, 0.3) is 5.91 Å². The third kappa shape index (κ3) is 5.03. The first-order chi connectivity index (χ1) is 13.2. The van der Waals surface area contributed by atoms with Gasteiger partial charge in [-0.15, -0.1) is 0 Å². The number of amides is 1. The van der Waals surface area contributed by atoms with E-state index in [0.29, 0.717) is 28.8 Å². The van der Waals surface area contributed by atoms with Crippen LogP contribution in [0.15, 0.2) is 36.7 Å². The van der Waals surface area contributed by atoms with Crippen LogP contribution in [0.1, 0.15) is 59.7 Å². The van der Waals surface area contributed by atoms with Crippen molar-refractivity contribution in [2.75, 3.05) is 17.2 Å². The van der Waals surface area contributed by atoms with Crippen LogP contribution in [-0.4, -0.2) is 34.5 Å². The summed E-state index contributed by atoms with van der Waals surface area (Å²) in [4.78, 5) is 33.0. The summed E-state index contributed by atoms with van der Waals surface area (Å²) in [6.45, 7) is 2.00. The van der Waals surface area contributed by atoms with Gasteiger partial charge in [-0.1, -0.05) is 31.4 Å². The normalized spacial score (nSPS) is 14.4. The molecule has 1 aliphatic carbocycles. The number of rotatable bonds is 6. The van der Waals surface area contributed by atoms with Crippen LogP contribution in [0.5, 0.6) is 0 Å². The Hall–Kier alpha value is -2.96. The summed E-state index contributed by atoms with van der Waals surface area (Å²) < 4.78 is 5.02. The molecular weight excluding hydrogens is 344 g/mol. The summed E-state index contributed by atoms with van der Waals surface area (Å²) in [5.74, 6) is -0.321. The van der Waals surface area contributed by atoms with E-state index in [4.69, 9.17) is 4.74 Å². The van der Waals surface area contributed by atoms with Crippen molar-refractivity contribution in [1.29, 1.82) is 0 Å². The van der Waals surface area contributed by atoms with E-state index in [1.165, 1.54) is 31.7 Å². The lowest BCUT2D eigenvalue weighted by Gasteiger charge is -2.22. The Morgan fingerprint density at radius 3 is 2.52 bits per heavy atom. The molecule has 0 saturated heterocycles. The Kier molecular flexibility index (Phi) is 6.35. The zero-order chi connectivity index (χ0) is 19.1. The van der Waals surface area contributed by atoms with Gasteiger partial charge in [-0.2, -0.15) is 0 Å². The maximum absolute atomic E-state index is 12.5. The van der Waals surface area contributed by atoms with Gasteiger partial charge in [0, 0.05) is 18.4 Å². The van der Waals surface area contributed by atoms with E-state index in [0.717, 1.165) is 12.8 Å². The first-order valence-corrected chi connectivity index (χ1v) is 9.33. The second kappa shape index (κ2) is 9.12. The third-order valence-electron chi connectivity index (χ3n) is 4.52. The van der Waals surface area contributed by atoms with Crippen molar-refractivity contribution in [3.05, 3.63) is 47.8 Å². The van der Waals surface area contributed by atoms with Crippen molar-refractivity contribution in [1.82, 2.24) is 9.97 Å². The number of para-hydroxylation sites is 1. The lowest BCUT2D eigenvalue weighted by molar-refractivity contribution is 0.0527. The number of carbonyl (C=O) groups excluding carboxylic acids is 2. The predicted octanol–water partition coefficient (Wildman–Crippen LogP) is 3.65. The molecule has 1 fully saturated rings. The number of esters is 1. The van der Waals surface area contributed by atoms with Crippen LogP contribution in [0, 0.1) is 0 Å². The number of hydrogen-bond donors (Lipinski definition) is 2. The minimum Gasteiger partial charge on any atom is -0.462 e. The summed E-state index contributed by atoms with van der Waals surface area (Å²) in [6.07, 6.45) is 8.94. The van der Waals surface area contributed by atoms with Crippen LogP contribution in [0.4, 0.5) is 11.6 Å². The van der Waals surface area contributed by atoms with Gasteiger partial charge in [0.15, 0.2) is 0 Å². The lowest BCUT2D eigenvalue weighted by Crippen LogP contribution is -2.23. The molecule has 1 aromatic carbocycles. The Morgan fingerprint density at radius 1 is 1.11 bits per heavy atom. The number of carbonyl (C=O) groups is 2. The van der Waals surface area contributed by atoms with Gasteiger partial charge in [-0.3, -0.25) is 4.79 Å². The number of aromatic nitrogens is 2. The predicted molar refractivity (Wildman–Crippen MR) is 103 cm³/mol. The molecule has 1 saturated carbocycles. The number of anilines is 2. The number of hydrogen-bond acceptors (Lipinski definition) is 6. The average Bonchev–Trinajstić information content (AvgIpc) is 2.70. The number of ether oxygens (including phenoxy) is 1. The average molecular weight is 368 g/mol. The van der Waals surface area contributed by atoms with Crippen molar-refractivity contribution < 1.29 is 14.3 Å². The largest absolute Gasteiger partial charge is 0.462 e. The van der Waals surface area contributed by atoms with Gasteiger partial charge in [-0.25, -0.2) is 14.8 Å². The molecule has 0 unspecified atom stereocenters. The molecule has 1 heterocycles. The summed E-state index contributed by atoms with van der Waals surface area (Å²) in [5, 5.41) is 6.05. The van der Waals surface area contributed by atoms with E-state index in [1.54, 1.807) is 31.2 Å². The van der Waals surface area contributed by atoms with Gasteiger partial charge in [0.05, 0.1) is 23.4 Å². The molecule has 1 amide bonds. The topological polar surface area (TPSA) is 93.2 Å². The highest BCUT2D eigenvalue weighted by Gasteiger charge is 2.17. The molecule has 2 aromatic rings. The fourth-order valence-corrected chi connectivity index (χ4v) is 3.12. The molecule has 1 aromatic heterocycles. The standard InChI is InChI=1S/C20H24N4O3/c1-2-27-19(26)16-10-6-7-11-17(16)24-18(25)14-12-21-20(22-13-14)23-15-8-4-3-5-9-15/h6-7,10-13,15H,2-5,8-9H2,1H3,(H,24,25)(H,21,22,23). The summed E-state index contributed by atoms with van der Waals surface area (Å²) in [7, 11) is 0. The van der Waals surface area contributed by atoms with Crippen LogP contribution >= 0.6 is 0 Å². The molecule has 7 nitrogen and oxygen atoms in total. The first kappa shape index (κ1) is 18.8. The van der Waals surface area contributed by atoms with Crippen LogP contribution in [-0.2, 0) is 4.74 Å². The molecule has 3 rings (SSSR count). The summed E-state index contributed by atoms with van der Waals surface area (Å²) >= 11 is 0. The monoisotopic (exact) mass is 368 g/mol. The van der Waals surface area contributed by atoms with Gasteiger partial charge >= 0.3 is 5.97 Å². The molecule has 0 spiro atoms. The van der Waals surface area contributed by atoms with Crippen molar-refractivity contribution in [2.45, 2.75) is 45.1 Å². The van der Waals surface area contributed by atoms with E-state index >= 15 is 0 Å². The molecule has 0 bridgehead atoms. The van der Waals surface area contributed by atoms with Crippen molar-refractivity contribution in [3.8, 4) is 0 Å². The van der Waals surface area contributed by atoms with Crippen LogP contribution in [0.3, 0.4) is 0 Å². The van der Waals surface area contributed by atoms with Crippen LogP contribution in [0.2, 0.25) is 0 Å². The van der Waals surface area contributed by atoms with E-state index in [1.807, 2.05) is 0 Å². The molecule has 0 radical (unpaired) electrons. The number of nitrogens with one attached hydrogen (secondary N) is 2. The van der Waals surface area contributed by atoms with E-state index in [9.17, 15) is 9.59 Å². The Bertz CT molecular complexity index is 786. The molecule has 7 heteroatoms. The highest BCUT2D eigenvalue weighted by atomic mass is 16.5. The number of nitrogens with zero attached hydrogens (tertiary/aromatic N) is 2. The van der Waals surface area contributed by atoms with E-state index in [2.05, 4.69) is 20.6 Å². The number of benzene rings is 1. The molecule has 0 atom stereocenters. The van der Waals surface area contributed by atoms with Gasteiger partial charge < -0.3 is 15.4 Å². The molecular formula is C20H24N4O3. The van der Waals surface area contributed by atoms with E-state index < -0.39 is 5.97 Å². The quantitative estimate of drug-likeness (QED) is 0.756. The van der Waals surface area contributed by atoms with Crippen LogP contribution < -0.4 is 10.6 Å². The Morgan fingerprint density at radius 2 is 1.81 bits per heavy atom. The zero-order valence-electron chi connectivity index (χ0n) is 15.4. The van der Waals surface area contributed by atoms with Crippen molar-refractivity contribution >= 4 is 23.5 Å². The second-order valence-corrected chi connectivity index (χ2v) is 6.49. The van der Waals surface area contributed by atoms with E-state index in [-0.39, 0.29) is 12.5 Å². The van der Waals surface area contributed by atoms with Gasteiger partial charge in [-0.05, 0) is 31.9 Å². The Balaban J connectivity index is 1.65. The fraction of sp³-hybridized carbons (Fsp3) is 0.400. The van der Waals surface area contributed by atoms with Gasteiger partial charge in [0.1, 0.15) is 0 Å². The second-order valence-electron chi connectivity index (χ2n) is 6.49. The van der Waals surface area contributed by atoms with Gasteiger partial charge in [0.2, 0.25) is 5.95 Å². The minimum absolute atomic E-state index is 0.268. The maximum Gasteiger partial charge on any atom is 0.340 e. The molecule has 2 N–H and O–H groups in total. The maximum atomic E-state index is 12.5. The SMILES string of the molecule is CCOC(=O)c1ccccc1NC(=O)c1cnc(NC2CCCCC2)nc1. The van der Waals surface area contributed by atoms with Crippen LogP contribution in [0.25, 0.3) is 0 Å². The van der Waals surface area contributed by atoms with Crippen molar-refractivity contribution in [2.24, 2.45) is 0 Å². The molecule has 1 aliphatic rings. The zero-order valence-corrected chi connectivity index (χ0v) is 15.4. The molecule has 27 heavy (non-hydrogen) atoms. The molecule has 0 aliphatic heterocycles.